The molecule has 0 bridgehead atoms. The van der Waals surface area contributed by atoms with Gasteiger partial charge in [-0.1, -0.05) is 0 Å². The van der Waals surface area contributed by atoms with Gasteiger partial charge < -0.3 is 19.5 Å². The van der Waals surface area contributed by atoms with Crippen LogP contribution in [0.25, 0.3) is 0 Å². The van der Waals surface area contributed by atoms with E-state index in [9.17, 15) is 4.79 Å². The highest BCUT2D eigenvalue weighted by Crippen LogP contribution is 2.24. The van der Waals surface area contributed by atoms with Gasteiger partial charge in [-0.3, -0.25) is 4.79 Å². The van der Waals surface area contributed by atoms with Crippen LogP contribution in [0.3, 0.4) is 0 Å². The van der Waals surface area contributed by atoms with Gasteiger partial charge in [-0.25, -0.2) is 0 Å². The summed E-state index contributed by atoms with van der Waals surface area (Å²) in [6.07, 6.45) is 1.87. The third-order valence-electron chi connectivity index (χ3n) is 2.96. The average molecular weight is 281 g/mol. The van der Waals surface area contributed by atoms with E-state index in [0.29, 0.717) is 26.0 Å². The SMILES string of the molecule is COCCCNC(=O)CCc1cc(OC)ccc1OC. The molecule has 0 aliphatic carbocycles. The van der Waals surface area contributed by atoms with Crippen molar-refractivity contribution in [2.24, 2.45) is 0 Å². The van der Waals surface area contributed by atoms with Gasteiger partial charge in [-0.05, 0) is 36.6 Å². The molecule has 1 aromatic rings. The molecule has 0 spiro atoms. The first-order valence-corrected chi connectivity index (χ1v) is 6.67. The molecule has 0 aliphatic heterocycles. The number of hydrogen-bond acceptors (Lipinski definition) is 4. The van der Waals surface area contributed by atoms with E-state index in [1.54, 1.807) is 21.3 Å². The summed E-state index contributed by atoms with van der Waals surface area (Å²) in [4.78, 5) is 11.7. The van der Waals surface area contributed by atoms with E-state index in [1.165, 1.54) is 0 Å². The Hall–Kier alpha value is -1.75. The van der Waals surface area contributed by atoms with Crippen molar-refractivity contribution in [1.29, 1.82) is 0 Å². The number of carbonyl (C=O) groups excluding carboxylic acids is 1. The predicted octanol–water partition coefficient (Wildman–Crippen LogP) is 1.79. The lowest BCUT2D eigenvalue weighted by molar-refractivity contribution is -0.121. The smallest absolute Gasteiger partial charge is 0.220 e. The van der Waals surface area contributed by atoms with Crippen LogP contribution < -0.4 is 14.8 Å². The number of methoxy groups -OCH3 is 3. The molecular formula is C15H23NO4. The molecule has 0 saturated carbocycles. The van der Waals surface area contributed by atoms with E-state index in [-0.39, 0.29) is 5.91 Å². The second kappa shape index (κ2) is 9.20. The molecule has 112 valence electrons. The van der Waals surface area contributed by atoms with E-state index in [2.05, 4.69) is 5.32 Å². The Morgan fingerprint density at radius 3 is 2.65 bits per heavy atom. The first-order chi connectivity index (χ1) is 9.71. The molecule has 0 radical (unpaired) electrons. The van der Waals surface area contributed by atoms with Crippen LogP contribution in [0.15, 0.2) is 18.2 Å². The molecular weight excluding hydrogens is 258 g/mol. The monoisotopic (exact) mass is 281 g/mol. The summed E-state index contributed by atoms with van der Waals surface area (Å²) >= 11 is 0. The van der Waals surface area contributed by atoms with Gasteiger partial charge in [0.25, 0.3) is 0 Å². The average Bonchev–Trinajstić information content (AvgIpc) is 2.49. The van der Waals surface area contributed by atoms with Gasteiger partial charge >= 0.3 is 0 Å². The van der Waals surface area contributed by atoms with Crippen LogP contribution >= 0.6 is 0 Å². The fraction of sp³-hybridized carbons (Fsp3) is 0.533. The van der Waals surface area contributed by atoms with Gasteiger partial charge in [0.15, 0.2) is 0 Å². The maximum Gasteiger partial charge on any atom is 0.220 e. The fourth-order valence-electron chi connectivity index (χ4n) is 1.86. The Balaban J connectivity index is 2.45. The minimum atomic E-state index is 0.0333. The third-order valence-corrected chi connectivity index (χ3v) is 2.96. The van der Waals surface area contributed by atoms with Crippen LogP contribution in [-0.4, -0.2) is 40.4 Å². The van der Waals surface area contributed by atoms with Crippen molar-refractivity contribution >= 4 is 5.91 Å². The summed E-state index contributed by atoms with van der Waals surface area (Å²) in [5.74, 6) is 1.57. The van der Waals surface area contributed by atoms with E-state index >= 15 is 0 Å². The normalized spacial score (nSPS) is 10.2. The van der Waals surface area contributed by atoms with Crippen molar-refractivity contribution < 1.29 is 19.0 Å². The van der Waals surface area contributed by atoms with E-state index in [1.807, 2.05) is 18.2 Å². The Kier molecular flexibility index (Phi) is 7.50. The summed E-state index contributed by atoms with van der Waals surface area (Å²) < 4.78 is 15.4. The van der Waals surface area contributed by atoms with Crippen LogP contribution in [0, 0.1) is 0 Å². The van der Waals surface area contributed by atoms with Gasteiger partial charge in [0.1, 0.15) is 11.5 Å². The molecule has 0 fully saturated rings. The van der Waals surface area contributed by atoms with E-state index in [0.717, 1.165) is 23.5 Å². The Bertz CT molecular complexity index is 420. The number of aryl methyl sites for hydroxylation is 1. The largest absolute Gasteiger partial charge is 0.497 e. The molecule has 0 saturated heterocycles. The maximum atomic E-state index is 11.7. The molecule has 0 heterocycles. The highest BCUT2D eigenvalue weighted by molar-refractivity contribution is 5.76. The van der Waals surface area contributed by atoms with Gasteiger partial charge in [-0.2, -0.15) is 0 Å². The van der Waals surface area contributed by atoms with Crippen molar-refractivity contribution in [2.75, 3.05) is 34.5 Å². The van der Waals surface area contributed by atoms with Gasteiger partial charge in [0, 0.05) is 26.7 Å². The van der Waals surface area contributed by atoms with Gasteiger partial charge in [-0.15, -0.1) is 0 Å². The van der Waals surface area contributed by atoms with Crippen LogP contribution in [-0.2, 0) is 16.0 Å². The van der Waals surface area contributed by atoms with Crippen molar-refractivity contribution in [3.63, 3.8) is 0 Å². The summed E-state index contributed by atoms with van der Waals surface area (Å²) in [5.41, 5.74) is 0.971. The lowest BCUT2D eigenvalue weighted by Gasteiger charge is -2.10. The molecule has 1 N–H and O–H groups in total. The number of benzene rings is 1. The lowest BCUT2D eigenvalue weighted by Crippen LogP contribution is -2.25. The van der Waals surface area contributed by atoms with Crippen molar-refractivity contribution in [2.45, 2.75) is 19.3 Å². The zero-order chi connectivity index (χ0) is 14.8. The second-order valence-electron chi connectivity index (χ2n) is 4.37. The molecule has 0 aromatic heterocycles. The zero-order valence-electron chi connectivity index (χ0n) is 12.4. The molecule has 0 atom stereocenters. The fourth-order valence-corrected chi connectivity index (χ4v) is 1.86. The molecule has 0 aliphatic rings. The Labute approximate surface area is 120 Å². The molecule has 5 nitrogen and oxygen atoms in total. The number of nitrogens with one attached hydrogen (secondary N) is 1. The minimum absolute atomic E-state index is 0.0333. The number of ether oxygens (including phenoxy) is 3. The van der Waals surface area contributed by atoms with Crippen molar-refractivity contribution in [3.05, 3.63) is 23.8 Å². The van der Waals surface area contributed by atoms with Gasteiger partial charge in [0.2, 0.25) is 5.91 Å². The third kappa shape index (κ3) is 5.48. The Morgan fingerprint density at radius 1 is 1.20 bits per heavy atom. The number of hydrogen-bond donors (Lipinski definition) is 1. The van der Waals surface area contributed by atoms with Crippen LogP contribution in [0.5, 0.6) is 11.5 Å². The zero-order valence-corrected chi connectivity index (χ0v) is 12.4. The number of carbonyl (C=O) groups is 1. The molecule has 5 heteroatoms. The lowest BCUT2D eigenvalue weighted by atomic mass is 10.1. The highest BCUT2D eigenvalue weighted by atomic mass is 16.5. The summed E-state index contributed by atoms with van der Waals surface area (Å²) in [6, 6.07) is 5.59. The molecule has 0 unspecified atom stereocenters. The van der Waals surface area contributed by atoms with Gasteiger partial charge in [0.05, 0.1) is 14.2 Å². The topological polar surface area (TPSA) is 56.8 Å². The molecule has 1 amide bonds. The minimum Gasteiger partial charge on any atom is -0.497 e. The van der Waals surface area contributed by atoms with Crippen LogP contribution in [0.1, 0.15) is 18.4 Å². The first-order valence-electron chi connectivity index (χ1n) is 6.67. The van der Waals surface area contributed by atoms with Crippen LogP contribution in [0.2, 0.25) is 0 Å². The molecule has 1 aromatic carbocycles. The highest BCUT2D eigenvalue weighted by Gasteiger charge is 2.08. The molecule has 20 heavy (non-hydrogen) atoms. The number of rotatable bonds is 9. The maximum absolute atomic E-state index is 11.7. The molecule has 1 rings (SSSR count). The van der Waals surface area contributed by atoms with E-state index in [4.69, 9.17) is 14.2 Å². The quantitative estimate of drug-likeness (QED) is 0.701. The predicted molar refractivity (Wildman–Crippen MR) is 77.4 cm³/mol. The van der Waals surface area contributed by atoms with Crippen LogP contribution in [0.4, 0.5) is 0 Å². The standard InChI is InChI=1S/C15H23NO4/c1-18-10-4-9-16-15(17)8-5-12-11-13(19-2)6-7-14(12)20-3/h6-7,11H,4-5,8-10H2,1-3H3,(H,16,17). The van der Waals surface area contributed by atoms with Crippen molar-refractivity contribution in [1.82, 2.24) is 5.32 Å². The van der Waals surface area contributed by atoms with E-state index < -0.39 is 0 Å². The summed E-state index contributed by atoms with van der Waals surface area (Å²) in [5, 5.41) is 2.86. The number of amides is 1. The first kappa shape index (κ1) is 16.3. The summed E-state index contributed by atoms with van der Waals surface area (Å²) in [6.45, 7) is 1.30. The second-order valence-corrected chi connectivity index (χ2v) is 4.37. The summed E-state index contributed by atoms with van der Waals surface area (Å²) in [7, 11) is 4.89. The van der Waals surface area contributed by atoms with Crippen molar-refractivity contribution in [3.8, 4) is 11.5 Å². The Morgan fingerprint density at radius 2 is 2.00 bits per heavy atom.